The van der Waals surface area contributed by atoms with E-state index in [1.165, 1.54) is 34.9 Å². The van der Waals surface area contributed by atoms with Crippen LogP contribution in [0, 0.1) is 0 Å². The molecule has 0 atom stereocenters. The van der Waals surface area contributed by atoms with Gasteiger partial charge >= 0.3 is 0 Å². The fourth-order valence-corrected chi connectivity index (χ4v) is 4.12. The molecular formula is C12H11F2N3OS4. The van der Waals surface area contributed by atoms with Crippen LogP contribution in [-0.2, 0) is 4.79 Å². The quantitative estimate of drug-likeness (QED) is 0.724. The number of nitrogens with zero attached hydrogens (tertiary/aromatic N) is 2. The lowest BCUT2D eigenvalue weighted by molar-refractivity contribution is -0.113. The van der Waals surface area contributed by atoms with Gasteiger partial charge in [0.15, 0.2) is 8.68 Å². The second-order valence-electron chi connectivity index (χ2n) is 3.78. The van der Waals surface area contributed by atoms with Gasteiger partial charge in [0, 0.05) is 10.6 Å². The number of carbonyl (C=O) groups excluding carboxylic acids is 1. The number of anilines is 1. The Labute approximate surface area is 142 Å². The highest BCUT2D eigenvalue weighted by Gasteiger charge is 2.09. The number of alkyl halides is 2. The fraction of sp³-hybridized carbons (Fsp3) is 0.250. The van der Waals surface area contributed by atoms with Gasteiger partial charge in [-0.05, 0) is 30.5 Å². The molecule has 0 aliphatic heterocycles. The highest BCUT2D eigenvalue weighted by atomic mass is 32.2. The molecule has 1 N–H and O–H groups in total. The third-order valence-corrected chi connectivity index (χ3v) is 6.01. The fourth-order valence-electron chi connectivity index (χ4n) is 1.38. The first-order valence-corrected chi connectivity index (χ1v) is 9.82. The van der Waals surface area contributed by atoms with Gasteiger partial charge in [-0.25, -0.2) is 0 Å². The zero-order chi connectivity index (χ0) is 15.9. The summed E-state index contributed by atoms with van der Waals surface area (Å²) in [7, 11) is 0. The molecular weight excluding hydrogens is 368 g/mol. The molecule has 0 saturated carbocycles. The van der Waals surface area contributed by atoms with Gasteiger partial charge < -0.3 is 5.32 Å². The first kappa shape index (κ1) is 17.5. The molecule has 0 fully saturated rings. The van der Waals surface area contributed by atoms with E-state index < -0.39 is 5.76 Å². The summed E-state index contributed by atoms with van der Waals surface area (Å²) < 4.78 is 26.0. The number of rotatable bonds is 7. The summed E-state index contributed by atoms with van der Waals surface area (Å²) in [6, 6.07) is 6.30. The van der Waals surface area contributed by atoms with Gasteiger partial charge in [-0.1, -0.05) is 46.6 Å². The summed E-state index contributed by atoms with van der Waals surface area (Å²) in [6.45, 7) is 0. The van der Waals surface area contributed by atoms with Crippen molar-refractivity contribution in [2.24, 2.45) is 0 Å². The lowest BCUT2D eigenvalue weighted by Crippen LogP contribution is -2.13. The van der Waals surface area contributed by atoms with Crippen LogP contribution < -0.4 is 5.32 Å². The maximum Gasteiger partial charge on any atom is 0.288 e. The normalized spacial score (nSPS) is 10.9. The van der Waals surface area contributed by atoms with Crippen molar-refractivity contribution in [1.82, 2.24) is 10.2 Å². The van der Waals surface area contributed by atoms with Gasteiger partial charge in [-0.15, -0.1) is 10.2 Å². The Kier molecular flexibility index (Phi) is 6.93. The molecule has 0 aliphatic carbocycles. The van der Waals surface area contributed by atoms with E-state index in [0.29, 0.717) is 22.3 Å². The van der Waals surface area contributed by atoms with Crippen molar-refractivity contribution in [3.63, 3.8) is 0 Å². The Morgan fingerprint density at radius 3 is 2.55 bits per heavy atom. The highest BCUT2D eigenvalue weighted by molar-refractivity contribution is 8.03. The van der Waals surface area contributed by atoms with Gasteiger partial charge in [-0.3, -0.25) is 4.79 Å². The summed E-state index contributed by atoms with van der Waals surface area (Å²) in [6.07, 6.45) is 1.91. The Bertz CT molecular complexity index is 621. The molecule has 0 bridgehead atoms. The van der Waals surface area contributed by atoms with E-state index in [-0.39, 0.29) is 11.7 Å². The third kappa shape index (κ3) is 5.75. The molecule has 1 aromatic carbocycles. The molecule has 0 spiro atoms. The number of hydrogen-bond donors (Lipinski definition) is 1. The van der Waals surface area contributed by atoms with Crippen LogP contribution in [0.2, 0.25) is 0 Å². The van der Waals surface area contributed by atoms with Gasteiger partial charge in [0.05, 0.1) is 5.75 Å². The van der Waals surface area contributed by atoms with Gasteiger partial charge in [-0.2, -0.15) is 8.78 Å². The maximum absolute atomic E-state index is 12.2. The van der Waals surface area contributed by atoms with Crippen LogP contribution in [0.3, 0.4) is 0 Å². The lowest BCUT2D eigenvalue weighted by atomic mass is 10.3. The van der Waals surface area contributed by atoms with E-state index in [2.05, 4.69) is 15.5 Å². The molecule has 118 valence electrons. The average molecular weight is 380 g/mol. The van der Waals surface area contributed by atoms with Crippen molar-refractivity contribution < 1.29 is 13.6 Å². The number of thioether (sulfide) groups is 3. The SMILES string of the molecule is CSc1nnc(SCC(=O)Nc2ccc(SC(F)F)cc2)s1. The first-order chi connectivity index (χ1) is 10.6. The minimum absolute atomic E-state index is 0.180. The van der Waals surface area contributed by atoms with E-state index in [4.69, 9.17) is 0 Å². The first-order valence-electron chi connectivity index (χ1n) is 5.92. The lowest BCUT2D eigenvalue weighted by Gasteiger charge is -2.05. The third-order valence-electron chi connectivity index (χ3n) is 2.25. The molecule has 1 amide bonds. The largest absolute Gasteiger partial charge is 0.325 e. The summed E-state index contributed by atoms with van der Waals surface area (Å²) in [4.78, 5) is 12.3. The molecule has 2 aromatic rings. The molecule has 1 aromatic heterocycles. The number of amides is 1. The van der Waals surface area contributed by atoms with Crippen molar-refractivity contribution in [2.75, 3.05) is 17.3 Å². The number of carbonyl (C=O) groups is 1. The van der Waals surface area contributed by atoms with Gasteiger partial charge in [0.25, 0.3) is 5.76 Å². The molecule has 0 unspecified atom stereocenters. The van der Waals surface area contributed by atoms with Crippen LogP contribution in [0.4, 0.5) is 14.5 Å². The smallest absolute Gasteiger partial charge is 0.288 e. The van der Waals surface area contributed by atoms with Crippen LogP contribution in [0.15, 0.2) is 37.8 Å². The number of nitrogens with one attached hydrogen (secondary N) is 1. The van der Waals surface area contributed by atoms with Crippen molar-refractivity contribution in [2.45, 2.75) is 19.3 Å². The Morgan fingerprint density at radius 1 is 1.27 bits per heavy atom. The van der Waals surface area contributed by atoms with E-state index >= 15 is 0 Å². The van der Waals surface area contributed by atoms with E-state index in [1.54, 1.807) is 24.3 Å². The number of aromatic nitrogens is 2. The van der Waals surface area contributed by atoms with E-state index in [1.807, 2.05) is 6.26 Å². The zero-order valence-corrected chi connectivity index (χ0v) is 14.6. The minimum atomic E-state index is -2.45. The Balaban J connectivity index is 1.81. The summed E-state index contributed by atoms with van der Waals surface area (Å²) >= 11 is 4.73. The van der Waals surface area contributed by atoms with E-state index in [9.17, 15) is 13.6 Å². The van der Waals surface area contributed by atoms with Crippen LogP contribution in [0.5, 0.6) is 0 Å². The summed E-state index contributed by atoms with van der Waals surface area (Å²) in [5.74, 6) is -2.41. The molecule has 22 heavy (non-hydrogen) atoms. The van der Waals surface area contributed by atoms with Crippen LogP contribution in [-0.4, -0.2) is 33.9 Å². The molecule has 0 saturated heterocycles. The second kappa shape index (κ2) is 8.70. The van der Waals surface area contributed by atoms with Crippen LogP contribution in [0.25, 0.3) is 0 Å². The minimum Gasteiger partial charge on any atom is -0.325 e. The van der Waals surface area contributed by atoms with Gasteiger partial charge in [0.1, 0.15) is 0 Å². The van der Waals surface area contributed by atoms with Crippen molar-refractivity contribution >= 4 is 58.2 Å². The number of halogens is 2. The van der Waals surface area contributed by atoms with Crippen molar-refractivity contribution in [3.8, 4) is 0 Å². The molecule has 0 aliphatic rings. The Morgan fingerprint density at radius 2 is 1.95 bits per heavy atom. The predicted octanol–water partition coefficient (Wildman–Crippen LogP) is 4.31. The Hall–Kier alpha value is -0.840. The highest BCUT2D eigenvalue weighted by Crippen LogP contribution is 2.28. The number of hydrogen-bond acceptors (Lipinski definition) is 7. The molecule has 1 heterocycles. The van der Waals surface area contributed by atoms with E-state index in [0.717, 1.165) is 8.68 Å². The predicted molar refractivity (Wildman–Crippen MR) is 89.3 cm³/mol. The van der Waals surface area contributed by atoms with Crippen molar-refractivity contribution in [1.29, 1.82) is 0 Å². The number of benzene rings is 1. The zero-order valence-electron chi connectivity index (χ0n) is 11.3. The average Bonchev–Trinajstić information content (AvgIpc) is 2.95. The monoisotopic (exact) mass is 379 g/mol. The van der Waals surface area contributed by atoms with Crippen LogP contribution in [0.1, 0.15) is 0 Å². The molecule has 0 radical (unpaired) electrons. The maximum atomic E-state index is 12.2. The summed E-state index contributed by atoms with van der Waals surface area (Å²) in [5.41, 5.74) is 0.575. The van der Waals surface area contributed by atoms with Gasteiger partial charge in [0.2, 0.25) is 5.91 Å². The summed E-state index contributed by atoms with van der Waals surface area (Å²) in [5, 5.41) is 10.6. The molecule has 2 rings (SSSR count). The van der Waals surface area contributed by atoms with Crippen molar-refractivity contribution in [3.05, 3.63) is 24.3 Å². The topological polar surface area (TPSA) is 54.9 Å². The van der Waals surface area contributed by atoms with Crippen LogP contribution >= 0.6 is 46.6 Å². The molecule has 4 nitrogen and oxygen atoms in total. The second-order valence-corrected chi connectivity index (χ2v) is 8.09. The molecule has 10 heteroatoms. The standard InChI is InChI=1S/C12H11F2N3OS4/c1-19-11-16-17-12(22-11)20-6-9(18)15-7-2-4-8(5-3-7)21-10(13)14/h2-5,10H,6H2,1H3,(H,15,18).